The van der Waals surface area contributed by atoms with Crippen LogP contribution >= 0.6 is 11.6 Å². The first kappa shape index (κ1) is 36.6. The van der Waals surface area contributed by atoms with Crippen LogP contribution in [0.2, 0.25) is 0 Å². The van der Waals surface area contributed by atoms with Crippen LogP contribution in [0.25, 0.3) is 22.3 Å². The Morgan fingerprint density at radius 3 is 1.68 bits per heavy atom. The van der Waals surface area contributed by atoms with Crippen molar-refractivity contribution in [2.45, 2.75) is 24.3 Å². The highest BCUT2D eigenvalue weighted by atomic mass is 35.5. The van der Waals surface area contributed by atoms with Crippen molar-refractivity contribution in [1.82, 2.24) is 58.9 Å². The molecule has 2 aromatic carbocycles. The van der Waals surface area contributed by atoms with Crippen LogP contribution in [0.1, 0.15) is 35.3 Å². The summed E-state index contributed by atoms with van der Waals surface area (Å²) in [4.78, 5) is 56.1. The number of H-pyrrole nitrogens is 1. The zero-order valence-electron chi connectivity index (χ0n) is 32.1. The van der Waals surface area contributed by atoms with E-state index < -0.39 is 0 Å². The van der Waals surface area contributed by atoms with Crippen molar-refractivity contribution in [3.05, 3.63) is 130 Å². The van der Waals surface area contributed by atoms with E-state index in [1.807, 2.05) is 6.07 Å². The van der Waals surface area contributed by atoms with E-state index >= 15 is 0 Å². The van der Waals surface area contributed by atoms with Crippen molar-refractivity contribution in [3.63, 3.8) is 0 Å². The summed E-state index contributed by atoms with van der Waals surface area (Å²) in [5.41, 5.74) is 4.14. The van der Waals surface area contributed by atoms with Crippen molar-refractivity contribution < 1.29 is 9.05 Å². The van der Waals surface area contributed by atoms with Crippen LogP contribution in [0.15, 0.2) is 105 Å². The third-order valence-corrected chi connectivity index (χ3v) is 12.1. The third-order valence-electron chi connectivity index (χ3n) is 11.8. The number of anilines is 2. The van der Waals surface area contributed by atoms with Crippen LogP contribution in [0.3, 0.4) is 0 Å². The average molecular weight is 815 g/mol. The molecule has 5 atom stereocenters. The summed E-state index contributed by atoms with van der Waals surface area (Å²) in [6.07, 6.45) is 5.97. The second-order valence-electron chi connectivity index (χ2n) is 15.4. The first-order valence-corrected chi connectivity index (χ1v) is 19.9. The number of aromatic nitrogens is 12. The lowest BCUT2D eigenvalue weighted by molar-refractivity contribution is 0.363. The number of aromatic amines is 1. The van der Waals surface area contributed by atoms with Gasteiger partial charge in [-0.25, -0.2) is 19.9 Å². The summed E-state index contributed by atoms with van der Waals surface area (Å²) in [6, 6.07) is 21.0. The maximum absolute atomic E-state index is 12.7. The van der Waals surface area contributed by atoms with Gasteiger partial charge in [-0.05, 0) is 47.9 Å². The Morgan fingerprint density at radius 1 is 0.661 bits per heavy atom. The monoisotopic (exact) mass is 814 g/mol. The molecule has 0 amide bonds. The van der Waals surface area contributed by atoms with Gasteiger partial charge < -0.3 is 33.0 Å². The Hall–Kier alpha value is -6.69. The standard InChI is InChI=1S/C20H19N7O2.C14H14ClN3O.C6H6N4O/c1-25-10-21-19-17(25)20(28)27(11-22-19)9-15-23-18(24-29-15)16-13-7-26(8-14(13)16)12-5-3-2-4-6-12;15-6-12-16-14(17-19-12)13-10-7-18(8-11(10)13)9-4-2-1-3-5-9;1-10-3-9-5-4(10)6(11)8-2-7-5/h2-6,10-11,13-14,16H,7-9H2,1H3;1-5,10-11,13H,6-8H2;2-3H,1H3,(H,7,8,11)/t13-,14+,16?;;. The largest absolute Gasteiger partial charge is 0.371 e. The summed E-state index contributed by atoms with van der Waals surface area (Å²) >= 11 is 5.68. The molecule has 3 unspecified atom stereocenters. The molecule has 0 radical (unpaired) electrons. The predicted octanol–water partition coefficient (Wildman–Crippen LogP) is 3.73. The number of halogens is 1. The van der Waals surface area contributed by atoms with Crippen molar-refractivity contribution >= 4 is 45.3 Å². The Balaban J connectivity index is 0.000000120. The van der Waals surface area contributed by atoms with E-state index in [4.69, 9.17) is 20.6 Å². The molecule has 12 rings (SSSR count). The quantitative estimate of drug-likeness (QED) is 0.228. The molecular formula is C40H39ClN14O4. The molecule has 2 aliphatic heterocycles. The smallest absolute Gasteiger partial charge is 0.280 e. The second kappa shape index (κ2) is 14.9. The van der Waals surface area contributed by atoms with E-state index in [0.29, 0.717) is 75.5 Å². The summed E-state index contributed by atoms with van der Waals surface area (Å²) < 4.78 is 15.3. The van der Waals surface area contributed by atoms with Gasteiger partial charge in [-0.1, -0.05) is 46.7 Å². The number of fused-ring (bicyclic) bond motifs is 4. The number of para-hydroxylation sites is 2. The minimum Gasteiger partial charge on any atom is -0.371 e. The first-order valence-electron chi connectivity index (χ1n) is 19.4. The summed E-state index contributed by atoms with van der Waals surface area (Å²) in [5, 5.41) is 8.24. The van der Waals surface area contributed by atoms with Crippen LogP contribution in [0.5, 0.6) is 0 Å². The Morgan fingerprint density at radius 2 is 1.15 bits per heavy atom. The highest BCUT2D eigenvalue weighted by molar-refractivity contribution is 6.16. The fourth-order valence-electron chi connectivity index (χ4n) is 8.77. The zero-order valence-corrected chi connectivity index (χ0v) is 32.9. The first-order chi connectivity index (χ1) is 28.8. The number of hydrogen-bond donors (Lipinski definition) is 1. The van der Waals surface area contributed by atoms with E-state index in [1.54, 1.807) is 35.9 Å². The Kier molecular flexibility index (Phi) is 9.26. The van der Waals surface area contributed by atoms with Crippen molar-refractivity contribution in [1.29, 1.82) is 0 Å². The molecule has 2 saturated carbocycles. The molecule has 8 heterocycles. The number of alkyl halides is 1. The maximum atomic E-state index is 12.7. The molecule has 19 heteroatoms. The number of hydrogen-bond acceptors (Lipinski definition) is 14. The van der Waals surface area contributed by atoms with Crippen LogP contribution in [-0.4, -0.2) is 85.1 Å². The lowest BCUT2D eigenvalue weighted by Gasteiger charge is -2.21. The van der Waals surface area contributed by atoms with E-state index in [-0.39, 0.29) is 17.7 Å². The summed E-state index contributed by atoms with van der Waals surface area (Å²) in [5.74, 6) is 6.14. The van der Waals surface area contributed by atoms with E-state index in [0.717, 1.165) is 37.8 Å². The summed E-state index contributed by atoms with van der Waals surface area (Å²) in [6.45, 7) is 4.42. The molecule has 4 fully saturated rings. The molecule has 2 saturated heterocycles. The molecule has 6 aromatic heterocycles. The minimum atomic E-state index is -0.170. The van der Waals surface area contributed by atoms with Crippen molar-refractivity contribution in [2.24, 2.45) is 37.8 Å². The highest BCUT2D eigenvalue weighted by Gasteiger charge is 2.59. The van der Waals surface area contributed by atoms with E-state index in [2.05, 4.69) is 110 Å². The van der Waals surface area contributed by atoms with Crippen LogP contribution in [-0.2, 0) is 26.5 Å². The van der Waals surface area contributed by atoms with Gasteiger partial charge in [0.2, 0.25) is 11.8 Å². The number of piperidine rings is 2. The molecule has 1 N–H and O–H groups in total. The number of nitrogens with one attached hydrogen (secondary N) is 1. The molecule has 2 aliphatic carbocycles. The van der Waals surface area contributed by atoms with Gasteiger partial charge in [-0.15, -0.1) is 11.6 Å². The highest BCUT2D eigenvalue weighted by Crippen LogP contribution is 2.58. The van der Waals surface area contributed by atoms with Gasteiger partial charge in [0, 0.05) is 63.5 Å². The van der Waals surface area contributed by atoms with Crippen LogP contribution < -0.4 is 20.9 Å². The molecule has 59 heavy (non-hydrogen) atoms. The van der Waals surface area contributed by atoms with Gasteiger partial charge >= 0.3 is 0 Å². The SMILES string of the molecule is ClCc1nc(C2C3CN(c4ccccc4)CC32)no1.Cn1cnc2nc[nH]c(=O)c21.Cn1cnc2ncn(Cc3nc(C4[C@H]5CN(c6ccccc6)C[C@@H]45)no3)c(=O)c21. The minimum absolute atomic E-state index is 0.157. The number of nitrogens with zero attached hydrogens (tertiary/aromatic N) is 13. The van der Waals surface area contributed by atoms with Crippen molar-refractivity contribution in [2.75, 3.05) is 36.0 Å². The Labute approximate surface area is 340 Å². The number of rotatable bonds is 7. The predicted molar refractivity (Wildman–Crippen MR) is 216 cm³/mol. The normalized spacial score (nSPS) is 22.4. The average Bonchev–Trinajstić information content (AvgIpc) is 3.82. The Bertz CT molecular complexity index is 2840. The number of imidazole rings is 2. The number of benzene rings is 2. The fourth-order valence-corrected chi connectivity index (χ4v) is 8.88. The third kappa shape index (κ3) is 6.92. The van der Waals surface area contributed by atoms with Gasteiger partial charge in [0.05, 0.1) is 19.0 Å². The fraction of sp³-hybridized carbons (Fsp3) is 0.350. The second-order valence-corrected chi connectivity index (χ2v) is 15.6. The molecule has 8 aromatic rings. The van der Waals surface area contributed by atoms with Crippen LogP contribution in [0, 0.1) is 23.7 Å². The molecule has 0 bridgehead atoms. The van der Waals surface area contributed by atoms with Gasteiger partial charge in [-0.2, -0.15) is 9.97 Å². The maximum Gasteiger partial charge on any atom is 0.280 e. The van der Waals surface area contributed by atoms with Gasteiger partial charge in [0.15, 0.2) is 34.0 Å². The molecule has 300 valence electrons. The van der Waals surface area contributed by atoms with Gasteiger partial charge in [-0.3, -0.25) is 14.2 Å². The van der Waals surface area contributed by atoms with Gasteiger partial charge in [0.1, 0.15) is 18.8 Å². The lowest BCUT2D eigenvalue weighted by atomic mass is 10.2. The van der Waals surface area contributed by atoms with Crippen molar-refractivity contribution in [3.8, 4) is 0 Å². The molecule has 4 aliphatic rings. The molecule has 0 spiro atoms. The molecular weight excluding hydrogens is 776 g/mol. The lowest BCUT2D eigenvalue weighted by Crippen LogP contribution is -2.23. The number of aryl methyl sites for hydroxylation is 2. The summed E-state index contributed by atoms with van der Waals surface area (Å²) in [7, 11) is 3.53. The topological polar surface area (TPSA) is 201 Å². The van der Waals surface area contributed by atoms with E-state index in [1.165, 1.54) is 28.6 Å². The van der Waals surface area contributed by atoms with E-state index in [9.17, 15) is 9.59 Å². The van der Waals surface area contributed by atoms with Gasteiger partial charge in [0.25, 0.3) is 11.1 Å². The zero-order chi connectivity index (χ0) is 40.2. The van der Waals surface area contributed by atoms with Crippen LogP contribution in [0.4, 0.5) is 11.4 Å². The molecule has 18 nitrogen and oxygen atoms in total.